The van der Waals surface area contributed by atoms with E-state index >= 15 is 0 Å². The van der Waals surface area contributed by atoms with Gasteiger partial charge in [-0.2, -0.15) is 0 Å². The molecule has 1 aromatic heterocycles. The van der Waals surface area contributed by atoms with Crippen molar-refractivity contribution in [1.82, 2.24) is 9.80 Å². The van der Waals surface area contributed by atoms with Gasteiger partial charge in [-0.05, 0) is 50.5 Å². The summed E-state index contributed by atoms with van der Waals surface area (Å²) in [6, 6.07) is 8.56. The Morgan fingerprint density at radius 3 is 2.66 bits per heavy atom. The average Bonchev–Trinajstić information content (AvgIpc) is 3.41. The first-order valence-electron chi connectivity index (χ1n) is 10.2. The molecule has 7 heteroatoms. The Kier molecular flexibility index (Phi) is 4.40. The number of nitrogens with one attached hydrogen (secondary N) is 1. The molecule has 0 spiro atoms. The molecule has 1 saturated heterocycles. The molecule has 0 radical (unpaired) electrons. The van der Waals surface area contributed by atoms with E-state index in [2.05, 4.69) is 53.2 Å². The number of nitrogens with zero attached hydrogens (tertiary/aromatic N) is 3. The molecule has 0 bridgehead atoms. The molecule has 3 aliphatic rings. The Morgan fingerprint density at radius 2 is 1.97 bits per heavy atom. The van der Waals surface area contributed by atoms with Crippen molar-refractivity contribution in [2.24, 2.45) is 10.4 Å². The molecule has 1 aromatic carbocycles. The maximum atomic E-state index is 11.5. The molecular formula is C22H26N4O2S. The molecule has 0 amide bonds. The molecule has 5 rings (SSSR count). The lowest BCUT2D eigenvalue weighted by molar-refractivity contribution is -0.144. The van der Waals surface area contributed by atoms with E-state index in [1.165, 1.54) is 16.0 Å². The lowest BCUT2D eigenvalue weighted by Crippen LogP contribution is -2.50. The molecule has 1 aliphatic carbocycles. The van der Waals surface area contributed by atoms with Gasteiger partial charge in [-0.25, -0.2) is 4.99 Å². The Morgan fingerprint density at radius 1 is 1.21 bits per heavy atom. The fraction of sp³-hybridized carbons (Fsp3) is 0.455. The Bertz CT molecular complexity index is 1000. The SMILES string of the molecule is Cc1ccc2c(c1)Nc1sc(C)cc1C(N1CCN(CC3(C(=O)O)CC3)CC1)=N2. The van der Waals surface area contributed by atoms with E-state index < -0.39 is 11.4 Å². The monoisotopic (exact) mass is 410 g/mol. The van der Waals surface area contributed by atoms with Gasteiger partial charge in [0.25, 0.3) is 0 Å². The minimum absolute atomic E-state index is 0.486. The van der Waals surface area contributed by atoms with Crippen LogP contribution >= 0.6 is 11.3 Å². The number of carboxylic acid groups (broad SMARTS) is 1. The number of amidine groups is 1. The molecule has 3 heterocycles. The first kappa shape index (κ1) is 18.6. The summed E-state index contributed by atoms with van der Waals surface area (Å²) in [5, 5.41) is 14.2. The maximum Gasteiger partial charge on any atom is 0.310 e. The van der Waals surface area contributed by atoms with E-state index in [1.807, 2.05) is 0 Å². The molecule has 1 saturated carbocycles. The molecule has 0 unspecified atom stereocenters. The summed E-state index contributed by atoms with van der Waals surface area (Å²) in [5.41, 5.74) is 3.92. The van der Waals surface area contributed by atoms with Crippen LogP contribution in [0.5, 0.6) is 0 Å². The van der Waals surface area contributed by atoms with Crippen LogP contribution in [0.1, 0.15) is 28.8 Å². The van der Waals surface area contributed by atoms with Gasteiger partial charge in [-0.15, -0.1) is 11.3 Å². The van der Waals surface area contributed by atoms with Crippen LogP contribution < -0.4 is 5.32 Å². The molecular weight excluding hydrogens is 384 g/mol. The summed E-state index contributed by atoms with van der Waals surface area (Å²) < 4.78 is 0. The first-order valence-corrected chi connectivity index (χ1v) is 11.0. The van der Waals surface area contributed by atoms with Gasteiger partial charge in [-0.1, -0.05) is 6.07 Å². The maximum absolute atomic E-state index is 11.5. The van der Waals surface area contributed by atoms with E-state index in [9.17, 15) is 9.90 Å². The number of piperazine rings is 1. The third-order valence-electron chi connectivity index (χ3n) is 6.23. The van der Waals surface area contributed by atoms with Gasteiger partial charge < -0.3 is 15.3 Å². The van der Waals surface area contributed by atoms with Crippen LogP contribution in [0, 0.1) is 19.3 Å². The van der Waals surface area contributed by atoms with Crippen LogP contribution in [0.25, 0.3) is 0 Å². The largest absolute Gasteiger partial charge is 0.481 e. The second-order valence-electron chi connectivity index (χ2n) is 8.53. The van der Waals surface area contributed by atoms with Gasteiger partial charge in [-0.3, -0.25) is 9.69 Å². The van der Waals surface area contributed by atoms with Gasteiger partial charge in [0.1, 0.15) is 10.8 Å². The smallest absolute Gasteiger partial charge is 0.310 e. The highest BCUT2D eigenvalue weighted by atomic mass is 32.1. The number of aliphatic imine (C=N–C) groups is 1. The van der Waals surface area contributed by atoms with E-state index in [0.29, 0.717) is 6.54 Å². The number of carbonyl (C=O) groups is 1. The normalized spacial score (nSPS) is 20.2. The molecule has 2 N–H and O–H groups in total. The molecule has 2 fully saturated rings. The summed E-state index contributed by atoms with van der Waals surface area (Å²) in [6.07, 6.45) is 1.63. The van der Waals surface area contributed by atoms with Crippen molar-refractivity contribution in [3.05, 3.63) is 40.3 Å². The van der Waals surface area contributed by atoms with Gasteiger partial charge in [0.15, 0.2) is 0 Å². The van der Waals surface area contributed by atoms with Gasteiger partial charge in [0.05, 0.1) is 22.4 Å². The summed E-state index contributed by atoms with van der Waals surface area (Å²) in [7, 11) is 0. The summed E-state index contributed by atoms with van der Waals surface area (Å²) in [5.74, 6) is 0.392. The number of hydrogen-bond acceptors (Lipinski definition) is 6. The fourth-order valence-electron chi connectivity index (χ4n) is 4.29. The molecule has 2 aliphatic heterocycles. The summed E-state index contributed by atoms with van der Waals surface area (Å²) in [6.45, 7) is 8.39. The van der Waals surface area contributed by atoms with Crippen molar-refractivity contribution in [3.63, 3.8) is 0 Å². The Hall–Kier alpha value is -2.38. The highest BCUT2D eigenvalue weighted by molar-refractivity contribution is 7.16. The molecule has 152 valence electrons. The van der Waals surface area contributed by atoms with E-state index in [1.54, 1.807) is 11.3 Å². The topological polar surface area (TPSA) is 68.2 Å². The number of anilines is 2. The zero-order valence-corrected chi connectivity index (χ0v) is 17.7. The van der Waals surface area contributed by atoms with Crippen molar-refractivity contribution in [2.45, 2.75) is 26.7 Å². The first-order chi connectivity index (χ1) is 13.9. The van der Waals surface area contributed by atoms with Crippen molar-refractivity contribution in [2.75, 3.05) is 38.0 Å². The molecule has 6 nitrogen and oxygen atoms in total. The van der Waals surface area contributed by atoms with Gasteiger partial charge in [0, 0.05) is 37.6 Å². The van der Waals surface area contributed by atoms with Crippen molar-refractivity contribution >= 4 is 39.5 Å². The van der Waals surface area contributed by atoms with Crippen LogP contribution in [-0.4, -0.2) is 59.4 Å². The lowest BCUT2D eigenvalue weighted by atomic mass is 10.1. The predicted octanol–water partition coefficient (Wildman–Crippen LogP) is 3.98. The number of carboxylic acids is 1. The Labute approximate surface area is 174 Å². The molecule has 29 heavy (non-hydrogen) atoms. The number of benzene rings is 1. The molecule has 2 aromatic rings. The quantitative estimate of drug-likeness (QED) is 0.801. The van der Waals surface area contributed by atoms with Crippen LogP contribution in [-0.2, 0) is 4.79 Å². The van der Waals surface area contributed by atoms with E-state index in [4.69, 9.17) is 4.99 Å². The lowest BCUT2D eigenvalue weighted by Gasteiger charge is -2.37. The minimum Gasteiger partial charge on any atom is -0.481 e. The number of hydrogen-bond donors (Lipinski definition) is 2. The van der Waals surface area contributed by atoms with Crippen LogP contribution in [0.15, 0.2) is 29.3 Å². The predicted molar refractivity (Wildman–Crippen MR) is 117 cm³/mol. The standard InChI is InChI=1S/C22H26N4O2S/c1-14-3-4-17-18(11-14)24-20-16(12-15(2)29-20)19(23-17)26-9-7-25(8-10-26)13-22(5-6-22)21(27)28/h3-4,11-12,24H,5-10,13H2,1-2H3,(H,27,28). The molecule has 0 atom stereocenters. The zero-order chi connectivity index (χ0) is 20.2. The van der Waals surface area contributed by atoms with Crippen molar-refractivity contribution in [3.8, 4) is 0 Å². The zero-order valence-electron chi connectivity index (χ0n) is 16.9. The Balaban J connectivity index is 1.40. The van der Waals surface area contributed by atoms with Crippen LogP contribution in [0.4, 0.5) is 16.4 Å². The minimum atomic E-state index is -0.635. The third-order valence-corrected chi connectivity index (χ3v) is 7.19. The van der Waals surface area contributed by atoms with Gasteiger partial charge in [0.2, 0.25) is 0 Å². The second-order valence-corrected chi connectivity index (χ2v) is 9.79. The van der Waals surface area contributed by atoms with Crippen LogP contribution in [0.2, 0.25) is 0 Å². The number of rotatable bonds is 3. The second kappa shape index (κ2) is 6.85. The van der Waals surface area contributed by atoms with Crippen molar-refractivity contribution < 1.29 is 9.90 Å². The average molecular weight is 411 g/mol. The fourth-order valence-corrected chi connectivity index (χ4v) is 5.21. The number of aliphatic carboxylic acids is 1. The van der Waals surface area contributed by atoms with Crippen LogP contribution in [0.3, 0.4) is 0 Å². The summed E-state index contributed by atoms with van der Waals surface area (Å²) >= 11 is 1.77. The van der Waals surface area contributed by atoms with E-state index in [-0.39, 0.29) is 0 Å². The third kappa shape index (κ3) is 3.42. The highest BCUT2D eigenvalue weighted by Gasteiger charge is 2.51. The number of fused-ring (bicyclic) bond motifs is 2. The number of aryl methyl sites for hydroxylation is 2. The van der Waals surface area contributed by atoms with Gasteiger partial charge >= 0.3 is 5.97 Å². The van der Waals surface area contributed by atoms with Crippen molar-refractivity contribution in [1.29, 1.82) is 0 Å². The van der Waals surface area contributed by atoms with E-state index in [0.717, 1.165) is 61.2 Å². The highest BCUT2D eigenvalue weighted by Crippen LogP contribution is 2.46. The number of thiophene rings is 1. The summed E-state index contributed by atoms with van der Waals surface area (Å²) in [4.78, 5) is 22.5.